The van der Waals surface area contributed by atoms with Crippen molar-refractivity contribution in [2.24, 2.45) is 11.8 Å². The number of halogens is 1. The van der Waals surface area contributed by atoms with Crippen LogP contribution in [0.1, 0.15) is 36.8 Å². The minimum Gasteiger partial charge on any atom is -0.378 e. The van der Waals surface area contributed by atoms with Gasteiger partial charge in [-0.1, -0.05) is 17.7 Å². The van der Waals surface area contributed by atoms with Crippen molar-refractivity contribution in [3.05, 3.63) is 28.3 Å². The molecule has 1 aliphatic carbocycles. The van der Waals surface area contributed by atoms with Crippen molar-refractivity contribution in [3.8, 4) is 0 Å². The van der Waals surface area contributed by atoms with E-state index in [1.54, 1.807) is 0 Å². The largest absolute Gasteiger partial charge is 0.378 e. The van der Waals surface area contributed by atoms with Crippen LogP contribution in [0.4, 0.5) is 5.69 Å². The van der Waals surface area contributed by atoms with Gasteiger partial charge < -0.3 is 15.0 Å². The number of hydrogen-bond acceptors (Lipinski definition) is 3. The van der Waals surface area contributed by atoms with Crippen molar-refractivity contribution < 1.29 is 14.3 Å². The molecule has 1 aromatic rings. The molecule has 0 atom stereocenters. The molecule has 2 fully saturated rings. The molecule has 5 nitrogen and oxygen atoms in total. The van der Waals surface area contributed by atoms with E-state index in [4.69, 9.17) is 16.3 Å². The molecule has 6 heteroatoms. The number of ether oxygens (including phenoxy) is 1. The summed E-state index contributed by atoms with van der Waals surface area (Å²) in [5.74, 6) is 0.225. The van der Waals surface area contributed by atoms with Gasteiger partial charge in [0, 0.05) is 24.9 Å². The molecule has 1 saturated carbocycles. The number of morpholine rings is 1. The Labute approximate surface area is 160 Å². The minimum absolute atomic E-state index is 0.0103. The van der Waals surface area contributed by atoms with Crippen LogP contribution in [0.15, 0.2) is 12.1 Å². The molecule has 3 rings (SSSR count). The molecule has 2 amide bonds. The predicted molar refractivity (Wildman–Crippen MR) is 102 cm³/mol. The van der Waals surface area contributed by atoms with Gasteiger partial charge in [0.25, 0.3) is 0 Å². The average molecular weight is 379 g/mol. The van der Waals surface area contributed by atoms with Crippen molar-refractivity contribution in [1.82, 2.24) is 4.90 Å². The molecule has 1 aromatic carbocycles. The van der Waals surface area contributed by atoms with Gasteiger partial charge in [0.15, 0.2) is 0 Å². The van der Waals surface area contributed by atoms with E-state index in [0.717, 1.165) is 36.8 Å². The highest BCUT2D eigenvalue weighted by atomic mass is 35.5. The van der Waals surface area contributed by atoms with Gasteiger partial charge in [0.05, 0.1) is 23.9 Å². The van der Waals surface area contributed by atoms with Crippen LogP contribution >= 0.6 is 11.6 Å². The van der Waals surface area contributed by atoms with Crippen molar-refractivity contribution in [1.29, 1.82) is 0 Å². The fourth-order valence-electron chi connectivity index (χ4n) is 3.94. The summed E-state index contributed by atoms with van der Waals surface area (Å²) in [7, 11) is 0. The lowest BCUT2D eigenvalue weighted by molar-refractivity contribution is -0.141. The Kier molecular flexibility index (Phi) is 6.20. The second-order valence-electron chi connectivity index (χ2n) is 7.41. The summed E-state index contributed by atoms with van der Waals surface area (Å²) in [5, 5.41) is 3.58. The maximum atomic E-state index is 12.7. The minimum atomic E-state index is -0.0551. The summed E-state index contributed by atoms with van der Waals surface area (Å²) >= 11 is 6.29. The molecule has 1 heterocycles. The van der Waals surface area contributed by atoms with Crippen molar-refractivity contribution >= 4 is 29.1 Å². The lowest BCUT2D eigenvalue weighted by Crippen LogP contribution is -2.44. The number of carbonyl (C=O) groups is 2. The van der Waals surface area contributed by atoms with Gasteiger partial charge in [-0.2, -0.15) is 0 Å². The van der Waals surface area contributed by atoms with Gasteiger partial charge >= 0.3 is 0 Å². The van der Waals surface area contributed by atoms with Crippen molar-refractivity contribution in [2.45, 2.75) is 39.5 Å². The fraction of sp³-hybridized carbons (Fsp3) is 0.600. The summed E-state index contributed by atoms with van der Waals surface area (Å²) in [4.78, 5) is 27.2. The summed E-state index contributed by atoms with van der Waals surface area (Å²) in [6.07, 6.45) is 3.04. The molecule has 0 spiro atoms. The highest BCUT2D eigenvalue weighted by molar-refractivity contribution is 6.34. The lowest BCUT2D eigenvalue weighted by Gasteiger charge is -2.33. The monoisotopic (exact) mass is 378 g/mol. The van der Waals surface area contributed by atoms with Crippen LogP contribution in [0.3, 0.4) is 0 Å². The van der Waals surface area contributed by atoms with E-state index in [1.165, 1.54) is 0 Å². The van der Waals surface area contributed by atoms with E-state index >= 15 is 0 Å². The Balaban J connectivity index is 1.54. The van der Waals surface area contributed by atoms with Crippen LogP contribution in [0.25, 0.3) is 0 Å². The Morgan fingerprint density at radius 3 is 2.31 bits per heavy atom. The number of aryl methyl sites for hydroxylation is 2. The van der Waals surface area contributed by atoms with Crippen LogP contribution in [0, 0.1) is 25.7 Å². The first kappa shape index (κ1) is 19.2. The number of nitrogens with zero attached hydrogens (tertiary/aromatic N) is 1. The highest BCUT2D eigenvalue weighted by Gasteiger charge is 2.32. The van der Waals surface area contributed by atoms with Crippen LogP contribution in [-0.2, 0) is 14.3 Å². The SMILES string of the molecule is Cc1cc(C)c(NC(=O)C2CCC(C(=O)N3CCOCC3)CC2)c(Cl)c1. The second kappa shape index (κ2) is 8.40. The predicted octanol–water partition coefficient (Wildman–Crippen LogP) is 3.56. The number of rotatable bonds is 3. The standard InChI is InChI=1S/C20H27ClN2O3/c1-13-11-14(2)18(17(21)12-13)22-19(24)15-3-5-16(6-4-15)20(25)23-7-9-26-10-8-23/h11-12,15-16H,3-10H2,1-2H3,(H,22,24). The van der Waals surface area contributed by atoms with Gasteiger partial charge in [0.2, 0.25) is 11.8 Å². The summed E-state index contributed by atoms with van der Waals surface area (Å²) in [6.45, 7) is 6.55. The molecule has 0 radical (unpaired) electrons. The second-order valence-corrected chi connectivity index (χ2v) is 7.82. The Morgan fingerprint density at radius 1 is 1.08 bits per heavy atom. The van der Waals surface area contributed by atoms with E-state index in [0.29, 0.717) is 37.0 Å². The Bertz CT molecular complexity index is 655. The normalized spacial score (nSPS) is 23.6. The molecule has 0 unspecified atom stereocenters. The molecular weight excluding hydrogens is 352 g/mol. The molecule has 142 valence electrons. The third-order valence-corrected chi connectivity index (χ3v) is 5.75. The van der Waals surface area contributed by atoms with E-state index in [1.807, 2.05) is 30.9 Å². The maximum Gasteiger partial charge on any atom is 0.227 e. The number of amides is 2. The maximum absolute atomic E-state index is 12.7. The third kappa shape index (κ3) is 4.38. The van der Waals surface area contributed by atoms with Crippen LogP contribution < -0.4 is 5.32 Å². The Morgan fingerprint density at radius 2 is 1.69 bits per heavy atom. The van der Waals surface area contributed by atoms with E-state index in [2.05, 4.69) is 5.32 Å². The molecule has 1 saturated heterocycles. The van der Waals surface area contributed by atoms with E-state index in [-0.39, 0.29) is 23.7 Å². The molecule has 0 aromatic heterocycles. The average Bonchev–Trinajstić information content (AvgIpc) is 2.64. The van der Waals surface area contributed by atoms with Crippen LogP contribution in [0.5, 0.6) is 0 Å². The highest BCUT2D eigenvalue weighted by Crippen LogP contribution is 2.33. The molecule has 26 heavy (non-hydrogen) atoms. The summed E-state index contributed by atoms with van der Waals surface area (Å²) in [5.41, 5.74) is 2.75. The molecule has 1 aliphatic heterocycles. The smallest absolute Gasteiger partial charge is 0.227 e. The van der Waals surface area contributed by atoms with Crippen LogP contribution in [-0.4, -0.2) is 43.0 Å². The van der Waals surface area contributed by atoms with Gasteiger partial charge in [-0.3, -0.25) is 9.59 Å². The molecular formula is C20H27ClN2O3. The lowest BCUT2D eigenvalue weighted by atomic mass is 9.80. The number of nitrogens with one attached hydrogen (secondary N) is 1. The summed E-state index contributed by atoms with van der Waals surface area (Å²) < 4.78 is 5.31. The first-order valence-corrected chi connectivity index (χ1v) is 9.77. The fourth-order valence-corrected chi connectivity index (χ4v) is 4.31. The van der Waals surface area contributed by atoms with E-state index in [9.17, 15) is 9.59 Å². The number of benzene rings is 1. The van der Waals surface area contributed by atoms with Crippen LogP contribution in [0.2, 0.25) is 5.02 Å². The molecule has 1 N–H and O–H groups in total. The number of hydrogen-bond donors (Lipinski definition) is 1. The zero-order valence-corrected chi connectivity index (χ0v) is 16.3. The molecule has 2 aliphatic rings. The molecule has 0 bridgehead atoms. The van der Waals surface area contributed by atoms with Gasteiger partial charge in [0.1, 0.15) is 0 Å². The first-order chi connectivity index (χ1) is 12.5. The summed E-state index contributed by atoms with van der Waals surface area (Å²) in [6, 6.07) is 3.88. The van der Waals surface area contributed by atoms with E-state index < -0.39 is 0 Å². The topological polar surface area (TPSA) is 58.6 Å². The number of anilines is 1. The zero-order valence-electron chi connectivity index (χ0n) is 15.5. The quantitative estimate of drug-likeness (QED) is 0.874. The Hall–Kier alpha value is -1.59. The number of carbonyl (C=O) groups excluding carboxylic acids is 2. The van der Waals surface area contributed by atoms with Gasteiger partial charge in [-0.15, -0.1) is 0 Å². The zero-order chi connectivity index (χ0) is 18.7. The van der Waals surface area contributed by atoms with Gasteiger partial charge in [-0.25, -0.2) is 0 Å². The van der Waals surface area contributed by atoms with Crippen molar-refractivity contribution in [3.63, 3.8) is 0 Å². The van der Waals surface area contributed by atoms with Crippen molar-refractivity contribution in [2.75, 3.05) is 31.6 Å². The first-order valence-electron chi connectivity index (χ1n) is 9.40. The van der Waals surface area contributed by atoms with Gasteiger partial charge in [-0.05, 0) is 56.7 Å². The third-order valence-electron chi connectivity index (χ3n) is 5.45.